The fourth-order valence-corrected chi connectivity index (χ4v) is 1.74. The molecule has 2 rings (SSSR count). The Bertz CT molecular complexity index is 479. The molecule has 0 unspecified atom stereocenters. The standard InChI is InChI=1S/C14H17NO/c1-3-9-16-14-6-4-5-11-7-8-12(15-2)10-13(11)14/h4-8,10,15H,3,9H2,1-2H3. The molecule has 0 aromatic heterocycles. The van der Waals surface area contributed by atoms with E-state index in [-0.39, 0.29) is 0 Å². The number of rotatable bonds is 4. The van der Waals surface area contributed by atoms with Crippen molar-refractivity contribution in [1.29, 1.82) is 0 Å². The molecule has 0 fully saturated rings. The van der Waals surface area contributed by atoms with E-state index in [1.54, 1.807) is 0 Å². The van der Waals surface area contributed by atoms with Crippen LogP contribution < -0.4 is 10.1 Å². The zero-order valence-electron chi connectivity index (χ0n) is 9.79. The molecule has 0 saturated carbocycles. The topological polar surface area (TPSA) is 21.3 Å². The van der Waals surface area contributed by atoms with Crippen LogP contribution in [-0.4, -0.2) is 13.7 Å². The Morgan fingerprint density at radius 3 is 2.81 bits per heavy atom. The summed E-state index contributed by atoms with van der Waals surface area (Å²) in [6, 6.07) is 12.5. The van der Waals surface area contributed by atoms with Crippen LogP contribution in [0.3, 0.4) is 0 Å². The van der Waals surface area contributed by atoms with Gasteiger partial charge in [0, 0.05) is 18.1 Å². The smallest absolute Gasteiger partial charge is 0.127 e. The van der Waals surface area contributed by atoms with Crippen molar-refractivity contribution in [3.8, 4) is 5.75 Å². The average Bonchev–Trinajstić information content (AvgIpc) is 2.35. The van der Waals surface area contributed by atoms with Gasteiger partial charge in [-0.3, -0.25) is 0 Å². The Hall–Kier alpha value is -1.70. The summed E-state index contributed by atoms with van der Waals surface area (Å²) >= 11 is 0. The zero-order chi connectivity index (χ0) is 11.4. The van der Waals surface area contributed by atoms with Crippen LogP contribution in [0, 0.1) is 0 Å². The second-order valence-electron chi connectivity index (χ2n) is 3.79. The Labute approximate surface area is 96.2 Å². The largest absolute Gasteiger partial charge is 0.493 e. The molecule has 0 bridgehead atoms. The van der Waals surface area contributed by atoms with E-state index in [0.717, 1.165) is 24.5 Å². The second-order valence-corrected chi connectivity index (χ2v) is 3.79. The summed E-state index contributed by atoms with van der Waals surface area (Å²) in [5.74, 6) is 0.969. The average molecular weight is 215 g/mol. The van der Waals surface area contributed by atoms with Crippen molar-refractivity contribution in [3.63, 3.8) is 0 Å². The van der Waals surface area contributed by atoms with E-state index < -0.39 is 0 Å². The number of benzene rings is 2. The summed E-state index contributed by atoms with van der Waals surface area (Å²) in [5.41, 5.74) is 1.11. The predicted octanol–water partition coefficient (Wildman–Crippen LogP) is 3.67. The van der Waals surface area contributed by atoms with Crippen molar-refractivity contribution in [2.24, 2.45) is 0 Å². The molecule has 2 aromatic carbocycles. The molecule has 84 valence electrons. The zero-order valence-corrected chi connectivity index (χ0v) is 9.79. The van der Waals surface area contributed by atoms with Crippen molar-refractivity contribution < 1.29 is 4.74 Å². The van der Waals surface area contributed by atoms with Crippen LogP contribution in [0.5, 0.6) is 5.75 Å². The molecule has 2 heteroatoms. The summed E-state index contributed by atoms with van der Waals surface area (Å²) in [4.78, 5) is 0. The van der Waals surface area contributed by atoms with Gasteiger partial charge in [-0.1, -0.05) is 25.1 Å². The summed E-state index contributed by atoms with van der Waals surface area (Å²) in [6.45, 7) is 2.88. The number of anilines is 1. The Balaban J connectivity index is 2.46. The van der Waals surface area contributed by atoms with Crippen LogP contribution >= 0.6 is 0 Å². The first-order chi connectivity index (χ1) is 7.85. The van der Waals surface area contributed by atoms with Gasteiger partial charge < -0.3 is 10.1 Å². The van der Waals surface area contributed by atoms with E-state index in [4.69, 9.17) is 4.74 Å². The monoisotopic (exact) mass is 215 g/mol. The van der Waals surface area contributed by atoms with Crippen molar-refractivity contribution in [3.05, 3.63) is 36.4 Å². The maximum absolute atomic E-state index is 5.74. The van der Waals surface area contributed by atoms with Gasteiger partial charge in [-0.15, -0.1) is 0 Å². The van der Waals surface area contributed by atoms with E-state index >= 15 is 0 Å². The fourth-order valence-electron chi connectivity index (χ4n) is 1.74. The molecule has 0 saturated heterocycles. The summed E-state index contributed by atoms with van der Waals surface area (Å²) < 4.78 is 5.74. The minimum Gasteiger partial charge on any atom is -0.493 e. The number of hydrogen-bond donors (Lipinski definition) is 1. The van der Waals surface area contributed by atoms with Crippen molar-refractivity contribution >= 4 is 16.5 Å². The van der Waals surface area contributed by atoms with Gasteiger partial charge in [-0.05, 0) is 30.0 Å². The molecule has 2 aromatic rings. The van der Waals surface area contributed by atoms with Gasteiger partial charge in [0.25, 0.3) is 0 Å². The highest BCUT2D eigenvalue weighted by atomic mass is 16.5. The summed E-state index contributed by atoms with van der Waals surface area (Å²) in [6.07, 6.45) is 1.03. The molecule has 0 heterocycles. The third kappa shape index (κ3) is 2.11. The third-order valence-corrected chi connectivity index (χ3v) is 2.59. The van der Waals surface area contributed by atoms with E-state index in [1.807, 2.05) is 19.2 Å². The van der Waals surface area contributed by atoms with Crippen molar-refractivity contribution in [2.45, 2.75) is 13.3 Å². The van der Waals surface area contributed by atoms with Gasteiger partial charge in [0.15, 0.2) is 0 Å². The highest BCUT2D eigenvalue weighted by molar-refractivity contribution is 5.90. The lowest BCUT2D eigenvalue weighted by atomic mass is 10.1. The Kier molecular flexibility index (Phi) is 3.30. The minimum atomic E-state index is 0.767. The lowest BCUT2D eigenvalue weighted by molar-refractivity contribution is 0.321. The molecule has 0 aliphatic carbocycles. The van der Waals surface area contributed by atoms with Gasteiger partial charge in [0.1, 0.15) is 5.75 Å². The van der Waals surface area contributed by atoms with Crippen LogP contribution in [-0.2, 0) is 0 Å². The maximum Gasteiger partial charge on any atom is 0.127 e. The van der Waals surface area contributed by atoms with Gasteiger partial charge in [0.05, 0.1) is 6.61 Å². The first-order valence-electron chi connectivity index (χ1n) is 5.68. The lowest BCUT2D eigenvalue weighted by Crippen LogP contribution is -1.96. The fraction of sp³-hybridized carbons (Fsp3) is 0.286. The van der Waals surface area contributed by atoms with Crippen LogP contribution in [0.25, 0.3) is 10.8 Å². The molecular weight excluding hydrogens is 198 g/mol. The van der Waals surface area contributed by atoms with Gasteiger partial charge in [-0.2, -0.15) is 0 Å². The first-order valence-corrected chi connectivity index (χ1v) is 5.68. The third-order valence-electron chi connectivity index (χ3n) is 2.59. The molecule has 2 nitrogen and oxygen atoms in total. The molecule has 0 aliphatic rings. The molecule has 0 aliphatic heterocycles. The van der Waals surface area contributed by atoms with Gasteiger partial charge >= 0.3 is 0 Å². The Morgan fingerprint density at radius 1 is 1.19 bits per heavy atom. The molecule has 0 radical (unpaired) electrons. The highest BCUT2D eigenvalue weighted by Crippen LogP contribution is 2.28. The molecule has 0 atom stereocenters. The van der Waals surface area contributed by atoms with Crippen LogP contribution in [0.1, 0.15) is 13.3 Å². The Morgan fingerprint density at radius 2 is 2.06 bits per heavy atom. The summed E-state index contributed by atoms with van der Waals surface area (Å²) in [5, 5.41) is 5.53. The number of hydrogen-bond acceptors (Lipinski definition) is 2. The van der Waals surface area contributed by atoms with Gasteiger partial charge in [-0.25, -0.2) is 0 Å². The molecule has 0 amide bonds. The minimum absolute atomic E-state index is 0.767. The molecule has 1 N–H and O–H groups in total. The van der Waals surface area contributed by atoms with Crippen LogP contribution in [0.4, 0.5) is 5.69 Å². The van der Waals surface area contributed by atoms with Crippen LogP contribution in [0.15, 0.2) is 36.4 Å². The van der Waals surface area contributed by atoms with E-state index in [1.165, 1.54) is 10.8 Å². The predicted molar refractivity (Wildman–Crippen MR) is 69.3 cm³/mol. The van der Waals surface area contributed by atoms with Crippen LogP contribution in [0.2, 0.25) is 0 Å². The normalized spacial score (nSPS) is 10.4. The molecule has 16 heavy (non-hydrogen) atoms. The SMILES string of the molecule is CCCOc1cccc2ccc(NC)cc12. The van der Waals surface area contributed by atoms with Crippen molar-refractivity contribution in [1.82, 2.24) is 0 Å². The number of nitrogens with one attached hydrogen (secondary N) is 1. The number of ether oxygens (including phenoxy) is 1. The van der Waals surface area contributed by atoms with Gasteiger partial charge in [0.2, 0.25) is 0 Å². The quantitative estimate of drug-likeness (QED) is 0.840. The molecule has 0 spiro atoms. The highest BCUT2D eigenvalue weighted by Gasteiger charge is 2.02. The van der Waals surface area contributed by atoms with E-state index in [0.29, 0.717) is 0 Å². The first kappa shape index (κ1) is 10.8. The second kappa shape index (κ2) is 4.88. The van der Waals surface area contributed by atoms with Crippen molar-refractivity contribution in [2.75, 3.05) is 19.0 Å². The van der Waals surface area contributed by atoms with E-state index in [9.17, 15) is 0 Å². The maximum atomic E-state index is 5.74. The summed E-state index contributed by atoms with van der Waals surface area (Å²) in [7, 11) is 1.93. The number of fused-ring (bicyclic) bond motifs is 1. The van der Waals surface area contributed by atoms with E-state index in [2.05, 4.69) is 36.5 Å². The lowest BCUT2D eigenvalue weighted by Gasteiger charge is -2.09. The molecular formula is C14H17NO.